The van der Waals surface area contributed by atoms with E-state index < -0.39 is 0 Å². The lowest BCUT2D eigenvalue weighted by Crippen LogP contribution is -2.20. The highest BCUT2D eigenvalue weighted by Gasteiger charge is 2.31. The normalized spacial score (nSPS) is 21.2. The fourth-order valence-electron chi connectivity index (χ4n) is 3.22. The molecule has 4 heteroatoms. The molecule has 20 heavy (non-hydrogen) atoms. The van der Waals surface area contributed by atoms with Crippen LogP contribution in [0, 0.1) is 12.8 Å². The number of hydrogen-bond acceptors (Lipinski definition) is 2. The molecule has 0 saturated heterocycles. The Kier molecular flexibility index (Phi) is 3.69. The first kappa shape index (κ1) is 13.8. The number of aromatic nitrogens is 2. The van der Waals surface area contributed by atoms with E-state index in [0.29, 0.717) is 5.92 Å². The largest absolute Gasteiger partial charge is 0.324 e. The molecule has 1 aromatic carbocycles. The van der Waals surface area contributed by atoms with Crippen molar-refractivity contribution in [2.45, 2.75) is 39.3 Å². The number of nitrogens with zero attached hydrogens (tertiary/aromatic N) is 2. The van der Waals surface area contributed by atoms with Crippen molar-refractivity contribution in [1.82, 2.24) is 9.78 Å². The van der Waals surface area contributed by atoms with E-state index in [1.165, 1.54) is 16.8 Å². The Balaban J connectivity index is 1.87. The summed E-state index contributed by atoms with van der Waals surface area (Å²) in [6, 6.07) is 8.68. The third-order valence-corrected chi connectivity index (χ3v) is 5.34. The monoisotopic (exact) mass is 333 g/mol. The summed E-state index contributed by atoms with van der Waals surface area (Å²) in [5, 5.41) is 4.57. The highest BCUT2D eigenvalue weighted by atomic mass is 79.9. The summed E-state index contributed by atoms with van der Waals surface area (Å²) >= 11 is 3.68. The molecule has 1 aromatic heterocycles. The van der Waals surface area contributed by atoms with Crippen LogP contribution in [0.4, 0.5) is 0 Å². The van der Waals surface area contributed by atoms with Crippen molar-refractivity contribution in [2.24, 2.45) is 11.7 Å². The summed E-state index contributed by atoms with van der Waals surface area (Å²) in [7, 11) is 0. The van der Waals surface area contributed by atoms with Crippen LogP contribution in [-0.4, -0.2) is 9.78 Å². The highest BCUT2D eigenvalue weighted by molar-refractivity contribution is 9.10. The number of hydrogen-bond donors (Lipinski definition) is 1. The number of aryl methyl sites for hydroxylation is 2. The van der Waals surface area contributed by atoms with E-state index in [1.54, 1.807) is 0 Å². The number of fused-ring (bicyclic) bond motifs is 1. The predicted octanol–water partition coefficient (Wildman–Crippen LogP) is 3.39. The fraction of sp³-hybridized carbons (Fsp3) is 0.438. The Morgan fingerprint density at radius 2 is 2.15 bits per heavy atom. The Labute approximate surface area is 128 Å². The molecule has 0 saturated carbocycles. The molecular formula is C16H20BrN3. The number of nitrogens with two attached hydrogens (primary N) is 1. The Bertz CT molecular complexity index is 633. The molecule has 0 fully saturated rings. The van der Waals surface area contributed by atoms with Gasteiger partial charge in [-0.05, 0) is 59.7 Å². The van der Waals surface area contributed by atoms with Gasteiger partial charge in [-0.1, -0.05) is 24.3 Å². The first-order chi connectivity index (χ1) is 9.61. The molecule has 0 radical (unpaired) electrons. The van der Waals surface area contributed by atoms with Crippen LogP contribution in [0.5, 0.6) is 0 Å². The van der Waals surface area contributed by atoms with Gasteiger partial charge in [-0.25, -0.2) is 0 Å². The van der Waals surface area contributed by atoms with Crippen molar-refractivity contribution in [1.29, 1.82) is 0 Å². The molecule has 2 N–H and O–H groups in total. The quantitative estimate of drug-likeness (QED) is 0.935. The first-order valence-electron chi connectivity index (χ1n) is 7.17. The Hall–Kier alpha value is -1.13. The summed E-state index contributed by atoms with van der Waals surface area (Å²) < 4.78 is 3.23. The van der Waals surface area contributed by atoms with E-state index in [2.05, 4.69) is 56.9 Å². The zero-order valence-electron chi connectivity index (χ0n) is 11.9. The lowest BCUT2D eigenvalue weighted by Gasteiger charge is -2.17. The van der Waals surface area contributed by atoms with Gasteiger partial charge >= 0.3 is 0 Å². The molecule has 2 atom stereocenters. The summed E-state index contributed by atoms with van der Waals surface area (Å²) in [5.74, 6) is 0.463. The molecule has 0 bridgehead atoms. The van der Waals surface area contributed by atoms with E-state index in [1.807, 2.05) is 6.92 Å². The van der Waals surface area contributed by atoms with Gasteiger partial charge in [0.1, 0.15) is 0 Å². The van der Waals surface area contributed by atoms with Gasteiger partial charge in [0.05, 0.1) is 15.9 Å². The van der Waals surface area contributed by atoms with Gasteiger partial charge in [0, 0.05) is 12.6 Å². The maximum Gasteiger partial charge on any atom is 0.0738 e. The standard InChI is InChI=1S/C16H20BrN3/c1-3-20-14(15(17)10(2)19-20)9-12-8-11-6-4-5-7-13(11)16(12)18/h4-7,12,16H,3,8-9,18H2,1-2H3. The summed E-state index contributed by atoms with van der Waals surface area (Å²) in [4.78, 5) is 0. The molecule has 1 aliphatic rings. The minimum absolute atomic E-state index is 0.138. The maximum absolute atomic E-state index is 6.44. The molecule has 0 spiro atoms. The van der Waals surface area contributed by atoms with Crippen LogP contribution in [-0.2, 0) is 19.4 Å². The maximum atomic E-state index is 6.44. The second-order valence-electron chi connectivity index (χ2n) is 5.55. The first-order valence-corrected chi connectivity index (χ1v) is 7.96. The molecule has 2 unspecified atom stereocenters. The van der Waals surface area contributed by atoms with Gasteiger partial charge in [-0.15, -0.1) is 0 Å². The smallest absolute Gasteiger partial charge is 0.0738 e. The number of halogens is 1. The van der Waals surface area contributed by atoms with Crippen LogP contribution < -0.4 is 5.73 Å². The lowest BCUT2D eigenvalue weighted by molar-refractivity contribution is 0.444. The van der Waals surface area contributed by atoms with Crippen molar-refractivity contribution >= 4 is 15.9 Å². The zero-order valence-corrected chi connectivity index (χ0v) is 13.5. The molecule has 106 valence electrons. The molecule has 1 heterocycles. The zero-order chi connectivity index (χ0) is 14.3. The van der Waals surface area contributed by atoms with Crippen molar-refractivity contribution in [3.05, 3.63) is 51.3 Å². The molecule has 3 nitrogen and oxygen atoms in total. The van der Waals surface area contributed by atoms with Gasteiger partial charge in [-0.2, -0.15) is 5.10 Å². The van der Waals surface area contributed by atoms with Gasteiger partial charge in [-0.3, -0.25) is 4.68 Å². The minimum Gasteiger partial charge on any atom is -0.324 e. The average Bonchev–Trinajstić information content (AvgIpc) is 2.92. The van der Waals surface area contributed by atoms with E-state index in [4.69, 9.17) is 5.73 Å². The van der Waals surface area contributed by atoms with Crippen LogP contribution in [0.1, 0.15) is 35.5 Å². The topological polar surface area (TPSA) is 43.8 Å². The van der Waals surface area contributed by atoms with Crippen LogP contribution in [0.25, 0.3) is 0 Å². The molecular weight excluding hydrogens is 314 g/mol. The fourth-order valence-corrected chi connectivity index (χ4v) is 3.67. The molecule has 2 aromatic rings. The van der Waals surface area contributed by atoms with E-state index in [9.17, 15) is 0 Å². The van der Waals surface area contributed by atoms with Gasteiger partial charge in [0.15, 0.2) is 0 Å². The van der Waals surface area contributed by atoms with Crippen LogP contribution >= 0.6 is 15.9 Å². The second kappa shape index (κ2) is 5.34. The Morgan fingerprint density at radius 1 is 1.40 bits per heavy atom. The third kappa shape index (κ3) is 2.21. The third-order valence-electron chi connectivity index (χ3n) is 4.31. The SMILES string of the molecule is CCn1nc(C)c(Br)c1CC1Cc2ccccc2C1N. The van der Waals surface area contributed by atoms with Gasteiger partial charge in [0.2, 0.25) is 0 Å². The second-order valence-corrected chi connectivity index (χ2v) is 6.35. The molecule has 1 aliphatic carbocycles. The van der Waals surface area contributed by atoms with Crippen LogP contribution in [0.2, 0.25) is 0 Å². The molecule has 0 amide bonds. The predicted molar refractivity (Wildman–Crippen MR) is 84.6 cm³/mol. The summed E-state index contributed by atoms with van der Waals surface area (Å²) in [5.41, 5.74) is 11.5. The van der Waals surface area contributed by atoms with Gasteiger partial charge < -0.3 is 5.73 Å². The average molecular weight is 334 g/mol. The number of benzene rings is 1. The highest BCUT2D eigenvalue weighted by Crippen LogP contribution is 2.37. The summed E-state index contributed by atoms with van der Waals surface area (Å²) in [6.45, 7) is 5.07. The molecule has 0 aliphatic heterocycles. The van der Waals surface area contributed by atoms with Crippen molar-refractivity contribution in [3.63, 3.8) is 0 Å². The van der Waals surface area contributed by atoms with Crippen molar-refractivity contribution in [2.75, 3.05) is 0 Å². The van der Waals surface area contributed by atoms with E-state index in [-0.39, 0.29) is 6.04 Å². The molecule has 3 rings (SSSR count). The van der Waals surface area contributed by atoms with Crippen LogP contribution in [0.3, 0.4) is 0 Å². The van der Waals surface area contributed by atoms with Crippen molar-refractivity contribution < 1.29 is 0 Å². The van der Waals surface area contributed by atoms with E-state index >= 15 is 0 Å². The number of rotatable bonds is 3. The van der Waals surface area contributed by atoms with Crippen LogP contribution in [0.15, 0.2) is 28.7 Å². The van der Waals surface area contributed by atoms with E-state index in [0.717, 1.165) is 29.6 Å². The summed E-state index contributed by atoms with van der Waals surface area (Å²) in [6.07, 6.45) is 2.04. The van der Waals surface area contributed by atoms with Gasteiger partial charge in [0.25, 0.3) is 0 Å². The Morgan fingerprint density at radius 3 is 2.85 bits per heavy atom. The lowest BCUT2D eigenvalue weighted by atomic mass is 9.96. The van der Waals surface area contributed by atoms with Crippen molar-refractivity contribution in [3.8, 4) is 0 Å². The minimum atomic E-state index is 0.138.